The highest BCUT2D eigenvalue weighted by Gasteiger charge is 2.33. The minimum Gasteiger partial charge on any atom is -0.361 e. The van der Waals surface area contributed by atoms with Crippen LogP contribution in [0.1, 0.15) is 11.1 Å². The van der Waals surface area contributed by atoms with Crippen molar-refractivity contribution in [2.24, 2.45) is 0 Å². The molecular weight excluding hydrogens is 312 g/mol. The molecule has 23 heavy (non-hydrogen) atoms. The predicted molar refractivity (Wildman–Crippen MR) is 92.5 cm³/mol. The second-order valence-electron chi connectivity index (χ2n) is 6.41. The van der Waals surface area contributed by atoms with Crippen molar-refractivity contribution in [1.29, 1.82) is 0 Å². The highest BCUT2D eigenvalue weighted by Crippen LogP contribution is 2.23. The van der Waals surface area contributed by atoms with E-state index in [4.69, 9.17) is 0 Å². The number of H-pyrrole nitrogens is 1. The van der Waals surface area contributed by atoms with E-state index in [1.54, 1.807) is 11.4 Å². The van der Waals surface area contributed by atoms with Crippen molar-refractivity contribution in [1.82, 2.24) is 18.5 Å². The minimum atomic E-state index is -3.28. The lowest BCUT2D eigenvalue weighted by atomic mass is 10.1. The zero-order chi connectivity index (χ0) is 16.6. The number of hydrogen-bond donors (Lipinski definition) is 1. The highest BCUT2D eigenvalue weighted by molar-refractivity contribution is 7.86. The third-order valence-electron chi connectivity index (χ3n) is 4.40. The van der Waals surface area contributed by atoms with Gasteiger partial charge in [0.2, 0.25) is 0 Å². The molecule has 1 aromatic heterocycles. The van der Waals surface area contributed by atoms with Crippen LogP contribution in [0.3, 0.4) is 0 Å². The Balaban J connectivity index is 1.83. The topological polar surface area (TPSA) is 59.7 Å². The van der Waals surface area contributed by atoms with Crippen molar-refractivity contribution in [3.63, 3.8) is 0 Å². The Morgan fingerprint density at radius 1 is 1.26 bits per heavy atom. The Hall–Kier alpha value is -1.41. The first-order valence-corrected chi connectivity index (χ1v) is 9.22. The molecule has 1 saturated heterocycles. The molecule has 7 heteroatoms. The summed E-state index contributed by atoms with van der Waals surface area (Å²) >= 11 is 0. The van der Waals surface area contributed by atoms with Crippen molar-refractivity contribution in [3.8, 4) is 0 Å². The second kappa shape index (κ2) is 6.24. The van der Waals surface area contributed by atoms with E-state index in [2.05, 4.69) is 36.2 Å². The van der Waals surface area contributed by atoms with Gasteiger partial charge in [-0.15, -0.1) is 0 Å². The Labute approximate surface area is 137 Å². The molecule has 1 aliphatic heterocycles. The molecule has 0 spiro atoms. The van der Waals surface area contributed by atoms with Gasteiger partial charge >= 0.3 is 0 Å². The van der Waals surface area contributed by atoms with Crippen LogP contribution in [0.2, 0.25) is 0 Å². The molecule has 0 saturated carbocycles. The third-order valence-corrected chi connectivity index (χ3v) is 6.34. The second-order valence-corrected chi connectivity index (χ2v) is 8.45. The van der Waals surface area contributed by atoms with Gasteiger partial charge in [0.05, 0.1) is 0 Å². The van der Waals surface area contributed by atoms with Crippen LogP contribution in [0.15, 0.2) is 24.4 Å². The van der Waals surface area contributed by atoms with Crippen LogP contribution in [0.4, 0.5) is 0 Å². The van der Waals surface area contributed by atoms with Gasteiger partial charge < -0.3 is 9.88 Å². The van der Waals surface area contributed by atoms with E-state index >= 15 is 0 Å². The fourth-order valence-corrected chi connectivity index (χ4v) is 4.25. The van der Waals surface area contributed by atoms with Gasteiger partial charge in [0, 0.05) is 50.3 Å². The van der Waals surface area contributed by atoms with Gasteiger partial charge in [0.1, 0.15) is 0 Å². The molecule has 1 fully saturated rings. The third kappa shape index (κ3) is 3.28. The number of benzene rings is 1. The molecule has 6 nitrogen and oxygen atoms in total. The molecule has 126 valence electrons. The number of rotatable bonds is 5. The average molecular weight is 336 g/mol. The summed E-state index contributed by atoms with van der Waals surface area (Å²) in [5.41, 5.74) is 3.41. The quantitative estimate of drug-likeness (QED) is 0.894. The van der Waals surface area contributed by atoms with Crippen molar-refractivity contribution in [3.05, 3.63) is 35.5 Å². The summed E-state index contributed by atoms with van der Waals surface area (Å²) in [5.74, 6) is 0. The fraction of sp³-hybridized carbons (Fsp3) is 0.500. The minimum absolute atomic E-state index is 0.431. The van der Waals surface area contributed by atoms with E-state index in [1.165, 1.54) is 15.3 Å². The Morgan fingerprint density at radius 2 is 2.04 bits per heavy atom. The number of aromatic amines is 1. The van der Waals surface area contributed by atoms with Crippen molar-refractivity contribution in [2.75, 3.05) is 40.8 Å². The van der Waals surface area contributed by atoms with Crippen LogP contribution in [0.25, 0.3) is 10.9 Å². The standard InChI is InChI=1S/C16H24N4O2S/c1-18(2)7-6-14-11-17-16-5-4-13(10-15(14)16)12-20-9-8-19(3)23(20,21)22/h4-5,10-11,17H,6-9,12H2,1-3H3. The summed E-state index contributed by atoms with van der Waals surface area (Å²) in [6.45, 7) is 2.53. The molecule has 1 N–H and O–H groups in total. The van der Waals surface area contributed by atoms with Crippen LogP contribution in [0.5, 0.6) is 0 Å². The first kappa shape index (κ1) is 16.4. The molecule has 0 atom stereocenters. The van der Waals surface area contributed by atoms with Crippen LogP contribution >= 0.6 is 0 Å². The molecule has 1 aliphatic rings. The van der Waals surface area contributed by atoms with Gasteiger partial charge in [0.25, 0.3) is 10.2 Å². The fourth-order valence-electron chi connectivity index (χ4n) is 2.92. The van der Waals surface area contributed by atoms with Gasteiger partial charge in [-0.2, -0.15) is 17.0 Å². The van der Waals surface area contributed by atoms with E-state index in [-0.39, 0.29) is 0 Å². The molecule has 0 aliphatic carbocycles. The Bertz CT molecular complexity index is 798. The Kier molecular flexibility index (Phi) is 4.46. The molecule has 0 unspecified atom stereocenters. The van der Waals surface area contributed by atoms with Crippen LogP contribution in [0, 0.1) is 0 Å². The van der Waals surface area contributed by atoms with Gasteiger partial charge in [-0.05, 0) is 43.8 Å². The normalized spacial score (nSPS) is 19.1. The summed E-state index contributed by atoms with van der Waals surface area (Å²) in [6.07, 6.45) is 3.03. The summed E-state index contributed by atoms with van der Waals surface area (Å²) in [7, 11) is 2.47. The van der Waals surface area contributed by atoms with E-state index in [0.717, 1.165) is 24.0 Å². The van der Waals surface area contributed by atoms with E-state index in [9.17, 15) is 8.42 Å². The Morgan fingerprint density at radius 3 is 2.70 bits per heavy atom. The molecular formula is C16H24N4O2S. The number of hydrogen-bond acceptors (Lipinski definition) is 3. The van der Waals surface area contributed by atoms with Crippen molar-refractivity contribution in [2.45, 2.75) is 13.0 Å². The predicted octanol–water partition coefficient (Wildman–Crippen LogP) is 1.26. The van der Waals surface area contributed by atoms with Crippen molar-refractivity contribution < 1.29 is 8.42 Å². The smallest absolute Gasteiger partial charge is 0.282 e. The van der Waals surface area contributed by atoms with Gasteiger partial charge in [-0.3, -0.25) is 0 Å². The zero-order valence-corrected chi connectivity index (χ0v) is 14.7. The van der Waals surface area contributed by atoms with Crippen molar-refractivity contribution >= 4 is 21.1 Å². The molecule has 0 radical (unpaired) electrons. The maximum absolute atomic E-state index is 12.2. The van der Waals surface area contributed by atoms with Crippen LogP contribution < -0.4 is 0 Å². The summed E-state index contributed by atoms with van der Waals surface area (Å²) in [5, 5.41) is 1.19. The number of nitrogens with zero attached hydrogens (tertiary/aromatic N) is 3. The summed E-state index contributed by atoms with van der Waals surface area (Å²) in [6, 6.07) is 6.16. The lowest BCUT2D eigenvalue weighted by molar-refractivity contribution is 0.414. The summed E-state index contributed by atoms with van der Waals surface area (Å²) in [4.78, 5) is 5.46. The lowest BCUT2D eigenvalue weighted by Gasteiger charge is -2.16. The monoisotopic (exact) mass is 336 g/mol. The largest absolute Gasteiger partial charge is 0.361 e. The molecule has 3 rings (SSSR count). The molecule has 0 bridgehead atoms. The maximum atomic E-state index is 12.2. The first-order valence-electron chi connectivity index (χ1n) is 7.83. The summed E-state index contributed by atoms with van der Waals surface area (Å²) < 4.78 is 27.3. The van der Waals surface area contributed by atoms with E-state index in [0.29, 0.717) is 19.6 Å². The lowest BCUT2D eigenvalue weighted by Crippen LogP contribution is -2.30. The van der Waals surface area contributed by atoms with Gasteiger partial charge in [0.15, 0.2) is 0 Å². The molecule has 2 aromatic rings. The number of aromatic nitrogens is 1. The van der Waals surface area contributed by atoms with E-state index in [1.807, 2.05) is 12.1 Å². The molecule has 2 heterocycles. The first-order chi connectivity index (χ1) is 10.9. The number of nitrogens with one attached hydrogen (secondary N) is 1. The SMILES string of the molecule is CN(C)CCc1c[nH]c2ccc(CN3CCN(C)S3(=O)=O)cc12. The van der Waals surface area contributed by atoms with Gasteiger partial charge in [-0.1, -0.05) is 6.07 Å². The van der Waals surface area contributed by atoms with Gasteiger partial charge in [-0.25, -0.2) is 0 Å². The zero-order valence-electron chi connectivity index (χ0n) is 13.9. The van der Waals surface area contributed by atoms with E-state index < -0.39 is 10.2 Å². The molecule has 0 amide bonds. The number of likely N-dealkylation sites (N-methyl/N-ethyl adjacent to an activating group) is 2. The number of fused-ring (bicyclic) bond motifs is 1. The maximum Gasteiger partial charge on any atom is 0.282 e. The average Bonchev–Trinajstić information content (AvgIpc) is 3.01. The van der Waals surface area contributed by atoms with Crippen LogP contribution in [-0.4, -0.2) is 67.7 Å². The van der Waals surface area contributed by atoms with Crippen LogP contribution in [-0.2, 0) is 23.2 Å². The molecule has 1 aromatic carbocycles. The highest BCUT2D eigenvalue weighted by atomic mass is 32.2.